The number of ether oxygens (including phenoxy) is 1. The van der Waals surface area contributed by atoms with Crippen LogP contribution < -0.4 is 36.6 Å². The zero-order valence-corrected chi connectivity index (χ0v) is 42.5. The lowest BCUT2D eigenvalue weighted by atomic mass is 10.00. The van der Waals surface area contributed by atoms with Crippen LogP contribution in [0.2, 0.25) is 0 Å². The van der Waals surface area contributed by atoms with Gasteiger partial charge in [-0.25, -0.2) is 9.78 Å². The zero-order valence-electron chi connectivity index (χ0n) is 40.1. The maximum absolute atomic E-state index is 13.8. The molecule has 0 radical (unpaired) electrons. The van der Waals surface area contributed by atoms with E-state index in [0.29, 0.717) is 28.7 Å². The van der Waals surface area contributed by atoms with Gasteiger partial charge in [0.15, 0.2) is 0 Å². The van der Waals surface area contributed by atoms with Gasteiger partial charge in [-0.05, 0) is 123 Å². The van der Waals surface area contributed by atoms with Crippen LogP contribution >= 0.6 is 23.1 Å². The van der Waals surface area contributed by atoms with Crippen LogP contribution in [0.5, 0.6) is 5.75 Å². The van der Waals surface area contributed by atoms with Gasteiger partial charge < -0.3 is 29.7 Å². The van der Waals surface area contributed by atoms with Crippen molar-refractivity contribution in [1.29, 1.82) is 0 Å². The number of pyridine rings is 1. The third kappa shape index (κ3) is 9.80. The molecule has 362 valence electrons. The number of nitrogens with zero attached hydrogens (tertiary/aromatic N) is 8. The van der Waals surface area contributed by atoms with Crippen molar-refractivity contribution < 1.29 is 18.9 Å². The summed E-state index contributed by atoms with van der Waals surface area (Å²) in [5, 5.41) is 11.0. The third-order valence-electron chi connectivity index (χ3n) is 14.3. The summed E-state index contributed by atoms with van der Waals surface area (Å²) in [7, 11) is -0.971. The van der Waals surface area contributed by atoms with E-state index in [1.807, 2.05) is 36.4 Å². The van der Waals surface area contributed by atoms with E-state index in [2.05, 4.69) is 83.6 Å². The number of aromatic nitrogens is 5. The van der Waals surface area contributed by atoms with Crippen LogP contribution in [0.25, 0.3) is 21.9 Å². The number of benzene rings is 3. The number of hydrogen-bond acceptors (Lipinski definition) is 13. The van der Waals surface area contributed by atoms with Crippen molar-refractivity contribution in [2.24, 2.45) is 7.05 Å². The average molecular weight is 1020 g/mol. The van der Waals surface area contributed by atoms with Gasteiger partial charge >= 0.3 is 5.69 Å². The smallest absolute Gasteiger partial charge is 0.329 e. The molecule has 2 amide bonds. The molecule has 6 heterocycles. The summed E-state index contributed by atoms with van der Waals surface area (Å²) in [6, 6.07) is 18.0. The van der Waals surface area contributed by atoms with E-state index in [4.69, 9.17) is 14.7 Å². The lowest BCUT2D eigenvalue weighted by Gasteiger charge is -2.43. The molecule has 4 aliphatic rings. The number of rotatable bonds is 14. The Morgan fingerprint density at radius 3 is 2.41 bits per heavy atom. The summed E-state index contributed by atoms with van der Waals surface area (Å²) in [5.41, 5.74) is 8.12. The molecular formula is C51H61BrN11O5P. The molecule has 69 heavy (non-hydrogen) atoms. The number of imidazole rings is 1. The predicted molar refractivity (Wildman–Crippen MR) is 277 cm³/mol. The zero-order chi connectivity index (χ0) is 48.1. The molecule has 0 spiro atoms. The fourth-order valence-corrected chi connectivity index (χ4v) is 12.3. The van der Waals surface area contributed by atoms with Crippen molar-refractivity contribution in [3.8, 4) is 5.75 Å². The van der Waals surface area contributed by atoms with Gasteiger partial charge in [0.25, 0.3) is 0 Å². The van der Waals surface area contributed by atoms with E-state index in [9.17, 15) is 18.9 Å². The molecule has 3 aliphatic heterocycles. The summed E-state index contributed by atoms with van der Waals surface area (Å²) in [6.45, 7) is 14.6. The maximum Gasteiger partial charge on any atom is 0.329 e. The lowest BCUT2D eigenvalue weighted by molar-refractivity contribution is -0.135. The van der Waals surface area contributed by atoms with Gasteiger partial charge in [-0.1, -0.05) is 25.1 Å². The van der Waals surface area contributed by atoms with Crippen LogP contribution in [0.4, 0.5) is 28.8 Å². The Bertz CT molecular complexity index is 3080. The fraction of sp³-hybridized carbons (Fsp3) is 0.451. The highest BCUT2D eigenvalue weighted by molar-refractivity contribution is 9.10. The molecule has 4 fully saturated rings. The number of aryl methyl sites for hydroxylation is 3. The third-order valence-corrected chi connectivity index (χ3v) is 16.4. The SMILES string of the molecule is CCc1ccc2c(P(C)(C)=O)c(Nc3nc(Nc4cc(C)c(N5CCC(N6CCN(CCc7cccc8c7n(C)c(=O)n8C7CCC(=O)NC7=O)CC6)CC5)cc4OC4CC4)ncc3Br)ccc2n1. The molecule has 3 N–H and O–H groups in total. The van der Waals surface area contributed by atoms with Gasteiger partial charge in [0.2, 0.25) is 17.8 Å². The van der Waals surface area contributed by atoms with Crippen LogP contribution in [-0.2, 0) is 34.0 Å². The second kappa shape index (κ2) is 19.3. The molecule has 16 nitrogen and oxygen atoms in total. The summed E-state index contributed by atoms with van der Waals surface area (Å²) in [6.07, 6.45) is 8.31. The van der Waals surface area contributed by atoms with E-state index in [1.165, 1.54) is 5.69 Å². The minimum Gasteiger partial charge on any atom is -0.488 e. The number of halogens is 1. The highest BCUT2D eigenvalue weighted by atomic mass is 79.9. The molecule has 3 aromatic heterocycles. The minimum absolute atomic E-state index is 0.191. The number of carbonyl (C=O) groups excluding carboxylic acids is 2. The van der Waals surface area contributed by atoms with Gasteiger partial charge in [0.05, 0.1) is 38.5 Å². The van der Waals surface area contributed by atoms with Crippen LogP contribution in [0.1, 0.15) is 68.3 Å². The van der Waals surface area contributed by atoms with Crippen LogP contribution in [0.3, 0.4) is 0 Å². The second-order valence-corrected chi connectivity index (χ2v) is 23.4. The molecule has 1 atom stereocenters. The van der Waals surface area contributed by atoms with Gasteiger partial charge in [-0.2, -0.15) is 4.98 Å². The Kier molecular flexibility index (Phi) is 13.2. The number of para-hydroxylation sites is 1. The number of fused-ring (bicyclic) bond motifs is 2. The number of anilines is 5. The number of carbonyl (C=O) groups is 2. The quantitative estimate of drug-likeness (QED) is 0.0730. The average Bonchev–Trinajstić information content (AvgIpc) is 4.12. The molecule has 0 bridgehead atoms. The summed E-state index contributed by atoms with van der Waals surface area (Å²) in [5.74, 6) is 1.04. The molecular weight excluding hydrogens is 958 g/mol. The van der Waals surface area contributed by atoms with Crippen LogP contribution in [0.15, 0.2) is 70.1 Å². The second-order valence-electron chi connectivity index (χ2n) is 19.4. The van der Waals surface area contributed by atoms with E-state index >= 15 is 0 Å². The van der Waals surface area contributed by atoms with Gasteiger partial charge in [0.1, 0.15) is 24.8 Å². The molecule has 10 rings (SSSR count). The maximum atomic E-state index is 13.8. The van der Waals surface area contributed by atoms with Crippen molar-refractivity contribution in [3.63, 3.8) is 0 Å². The van der Waals surface area contributed by atoms with Crippen molar-refractivity contribution in [3.05, 3.63) is 92.6 Å². The Morgan fingerprint density at radius 1 is 0.899 bits per heavy atom. The number of nitrogens with one attached hydrogen (secondary N) is 3. The van der Waals surface area contributed by atoms with E-state index < -0.39 is 19.1 Å². The predicted octanol–water partition coefficient (Wildman–Crippen LogP) is 7.39. The normalized spacial score (nSPS) is 18.8. The highest BCUT2D eigenvalue weighted by Gasteiger charge is 2.33. The molecule has 1 aliphatic carbocycles. The van der Waals surface area contributed by atoms with Crippen molar-refractivity contribution in [2.45, 2.75) is 83.4 Å². The Balaban J connectivity index is 0.772. The monoisotopic (exact) mass is 1020 g/mol. The Morgan fingerprint density at radius 2 is 1.68 bits per heavy atom. The molecule has 1 saturated carbocycles. The first-order chi connectivity index (χ1) is 33.2. The molecule has 3 aromatic carbocycles. The van der Waals surface area contributed by atoms with Crippen molar-refractivity contribution in [1.82, 2.24) is 39.2 Å². The van der Waals surface area contributed by atoms with Crippen molar-refractivity contribution in [2.75, 3.05) is 74.7 Å². The Hall–Kier alpha value is -5.61. The van der Waals surface area contributed by atoms with Crippen molar-refractivity contribution >= 4 is 91.0 Å². The van der Waals surface area contributed by atoms with E-state index in [-0.39, 0.29) is 24.1 Å². The first-order valence-electron chi connectivity index (χ1n) is 24.3. The number of piperidine rings is 2. The molecule has 3 saturated heterocycles. The fourth-order valence-electron chi connectivity index (χ4n) is 10.5. The molecule has 18 heteroatoms. The number of piperazine rings is 1. The molecule has 1 unspecified atom stereocenters. The van der Waals surface area contributed by atoms with E-state index in [1.54, 1.807) is 35.7 Å². The summed E-state index contributed by atoms with van der Waals surface area (Å²) >= 11 is 3.65. The van der Waals surface area contributed by atoms with Gasteiger partial charge in [0, 0.05) is 99.7 Å². The summed E-state index contributed by atoms with van der Waals surface area (Å²) in [4.78, 5) is 60.0. The van der Waals surface area contributed by atoms with E-state index in [0.717, 1.165) is 146 Å². The number of imide groups is 1. The van der Waals surface area contributed by atoms with Gasteiger partial charge in [-0.15, -0.1) is 0 Å². The molecule has 6 aromatic rings. The number of hydrogen-bond donors (Lipinski definition) is 3. The standard InChI is InChI=1S/C51H61BrN11O5P/c1-6-33-10-13-36-38(54-33)14-15-39(47(36)69(4,5)67)55-48-37(52)30-53-50(58-48)56-40-28-31(2)43(29-44(40)68-35-11-12-35)62-22-19-34(20-23-62)61-26-24-60(25-27-61)21-18-32-8-7-9-41-46(32)59(3)51(66)63(41)42-16-17-45(64)57-49(42)65/h7-10,13-15,28-30,34-35,42H,6,11-12,16-27H2,1-5H3,(H,57,64,65)(H2,53,55,56,58). The first kappa shape index (κ1) is 47.1. The largest absolute Gasteiger partial charge is 0.488 e. The Labute approximate surface area is 410 Å². The van der Waals surface area contributed by atoms with Crippen LogP contribution in [0, 0.1) is 6.92 Å². The first-order valence-corrected chi connectivity index (χ1v) is 27.7. The minimum atomic E-state index is -2.74. The van der Waals surface area contributed by atoms with Crippen LogP contribution in [-0.4, -0.2) is 117 Å². The van der Waals surface area contributed by atoms with Gasteiger partial charge in [-0.3, -0.25) is 33.9 Å². The lowest BCUT2D eigenvalue weighted by Crippen LogP contribution is -2.53. The number of amides is 2. The topological polar surface area (TPSA) is 172 Å². The highest BCUT2D eigenvalue weighted by Crippen LogP contribution is 2.43. The summed E-state index contributed by atoms with van der Waals surface area (Å²) < 4.78 is 24.2.